The van der Waals surface area contributed by atoms with Gasteiger partial charge in [-0.2, -0.15) is 0 Å². The van der Waals surface area contributed by atoms with Gasteiger partial charge >= 0.3 is 0 Å². The van der Waals surface area contributed by atoms with Crippen LogP contribution in [0.25, 0.3) is 22.4 Å². The van der Waals surface area contributed by atoms with Crippen LogP contribution in [-0.4, -0.2) is 0 Å². The molecule has 114 valence electrons. The summed E-state index contributed by atoms with van der Waals surface area (Å²) in [7, 11) is 2.11. The minimum Gasteiger partial charge on any atom is -0.201 e. The lowest BCUT2D eigenvalue weighted by molar-refractivity contribution is -0.660. The summed E-state index contributed by atoms with van der Waals surface area (Å²) in [5.74, 6) is 0. The van der Waals surface area contributed by atoms with Gasteiger partial charge in [0.2, 0.25) is 5.69 Å². The Morgan fingerprint density at radius 2 is 1.52 bits per heavy atom. The summed E-state index contributed by atoms with van der Waals surface area (Å²) < 4.78 is 2.20. The molecule has 0 unspecified atom stereocenters. The zero-order valence-electron chi connectivity index (χ0n) is 14.2. The molecule has 0 N–H and O–H groups in total. The second-order valence-electron chi connectivity index (χ2n) is 7.08. The number of hydrogen-bond donors (Lipinski definition) is 0. The molecule has 1 aromatic heterocycles. The summed E-state index contributed by atoms with van der Waals surface area (Å²) in [6.07, 6.45) is 2.11. The van der Waals surface area contributed by atoms with Gasteiger partial charge < -0.3 is 0 Å². The molecular formula is C22H22N+. The van der Waals surface area contributed by atoms with E-state index < -0.39 is 0 Å². The number of benzene rings is 2. The summed E-state index contributed by atoms with van der Waals surface area (Å²) in [6, 6.07) is 20.0. The fraction of sp³-hybridized carbons (Fsp3) is 0.227. The van der Waals surface area contributed by atoms with Gasteiger partial charge in [-0.3, -0.25) is 0 Å². The van der Waals surface area contributed by atoms with Gasteiger partial charge in [0.15, 0.2) is 6.20 Å². The Labute approximate surface area is 138 Å². The Bertz CT molecular complexity index is 919. The van der Waals surface area contributed by atoms with Crippen molar-refractivity contribution in [3.8, 4) is 22.4 Å². The Morgan fingerprint density at radius 1 is 0.783 bits per heavy atom. The Balaban J connectivity index is 2.01. The predicted molar refractivity (Wildman–Crippen MR) is 95.4 cm³/mol. The van der Waals surface area contributed by atoms with Gasteiger partial charge in [0.25, 0.3) is 0 Å². The molecule has 1 nitrogen and oxygen atoms in total. The first kappa shape index (κ1) is 14.2. The van der Waals surface area contributed by atoms with E-state index >= 15 is 0 Å². The van der Waals surface area contributed by atoms with Crippen LogP contribution in [0.5, 0.6) is 0 Å². The lowest BCUT2D eigenvalue weighted by Gasteiger charge is -2.22. The largest absolute Gasteiger partial charge is 0.212 e. The average molecular weight is 300 g/mol. The van der Waals surface area contributed by atoms with E-state index in [0.717, 1.165) is 0 Å². The van der Waals surface area contributed by atoms with Crippen molar-refractivity contribution in [1.29, 1.82) is 0 Å². The maximum absolute atomic E-state index is 2.40. The number of rotatable bonds is 1. The zero-order valence-corrected chi connectivity index (χ0v) is 14.2. The van der Waals surface area contributed by atoms with Gasteiger partial charge in [-0.05, 0) is 46.9 Å². The summed E-state index contributed by atoms with van der Waals surface area (Å²) in [5.41, 5.74) is 9.63. The first-order chi connectivity index (χ1) is 11.0. The monoisotopic (exact) mass is 300 g/mol. The highest BCUT2D eigenvalue weighted by atomic mass is 14.9. The van der Waals surface area contributed by atoms with Crippen LogP contribution in [0.1, 0.15) is 30.5 Å². The van der Waals surface area contributed by atoms with Crippen LogP contribution in [0.4, 0.5) is 0 Å². The minimum absolute atomic E-state index is 0.0573. The molecule has 0 saturated heterocycles. The fourth-order valence-electron chi connectivity index (χ4n) is 3.94. The fourth-order valence-corrected chi connectivity index (χ4v) is 3.94. The molecule has 0 spiro atoms. The Kier molecular flexibility index (Phi) is 2.96. The van der Waals surface area contributed by atoms with E-state index in [0.29, 0.717) is 0 Å². The molecule has 0 aliphatic heterocycles. The van der Waals surface area contributed by atoms with Crippen LogP contribution in [-0.2, 0) is 12.5 Å². The second-order valence-corrected chi connectivity index (χ2v) is 7.08. The van der Waals surface area contributed by atoms with E-state index in [2.05, 4.69) is 93.2 Å². The van der Waals surface area contributed by atoms with Gasteiger partial charge in [0.1, 0.15) is 7.05 Å². The van der Waals surface area contributed by atoms with Crippen molar-refractivity contribution < 1.29 is 4.57 Å². The first-order valence-corrected chi connectivity index (χ1v) is 8.20. The third kappa shape index (κ3) is 1.96. The quantitative estimate of drug-likeness (QED) is 0.569. The molecule has 2 aromatic carbocycles. The highest BCUT2D eigenvalue weighted by Gasteiger charge is 2.36. The molecule has 0 fully saturated rings. The molecule has 1 aliphatic rings. The number of aryl methyl sites for hydroxylation is 2. The number of fused-ring (bicyclic) bond motifs is 3. The lowest BCUT2D eigenvalue weighted by atomic mass is 9.81. The van der Waals surface area contributed by atoms with Crippen molar-refractivity contribution in [2.45, 2.75) is 26.2 Å². The molecule has 1 aliphatic carbocycles. The van der Waals surface area contributed by atoms with Crippen LogP contribution < -0.4 is 4.57 Å². The maximum atomic E-state index is 2.40. The van der Waals surface area contributed by atoms with Crippen molar-refractivity contribution in [2.75, 3.05) is 0 Å². The summed E-state index contributed by atoms with van der Waals surface area (Å²) in [4.78, 5) is 0. The second kappa shape index (κ2) is 4.79. The number of hydrogen-bond acceptors (Lipinski definition) is 0. The summed E-state index contributed by atoms with van der Waals surface area (Å²) in [5, 5.41) is 0. The molecule has 3 aromatic rings. The maximum Gasteiger partial charge on any atom is 0.212 e. The molecule has 23 heavy (non-hydrogen) atoms. The molecular weight excluding hydrogens is 278 g/mol. The van der Waals surface area contributed by atoms with Crippen LogP contribution >= 0.6 is 0 Å². The minimum atomic E-state index is 0.0573. The number of aromatic nitrogens is 1. The molecule has 0 bridgehead atoms. The molecule has 4 rings (SSSR count). The average Bonchev–Trinajstić information content (AvgIpc) is 2.76. The van der Waals surface area contributed by atoms with Gasteiger partial charge in [0, 0.05) is 23.1 Å². The molecule has 0 amide bonds. The lowest BCUT2D eigenvalue weighted by Crippen LogP contribution is -2.30. The van der Waals surface area contributed by atoms with Crippen molar-refractivity contribution in [3.63, 3.8) is 0 Å². The Hall–Kier alpha value is -2.41. The normalized spacial score (nSPS) is 14.4. The van der Waals surface area contributed by atoms with Crippen molar-refractivity contribution in [1.82, 2.24) is 0 Å². The smallest absolute Gasteiger partial charge is 0.201 e. The summed E-state index contributed by atoms with van der Waals surface area (Å²) in [6.45, 7) is 6.89. The van der Waals surface area contributed by atoms with Crippen LogP contribution in [0.15, 0.2) is 60.8 Å². The molecule has 0 atom stereocenters. The highest BCUT2D eigenvalue weighted by molar-refractivity contribution is 5.84. The molecule has 0 saturated carbocycles. The SMILES string of the molecule is Cc1cc2c(cc1-c1cccc[n+]1C)C(C)(C)c1ccccc1-2. The van der Waals surface area contributed by atoms with E-state index in [1.54, 1.807) is 0 Å². The van der Waals surface area contributed by atoms with E-state index in [-0.39, 0.29) is 5.41 Å². The van der Waals surface area contributed by atoms with Crippen LogP contribution in [0.2, 0.25) is 0 Å². The highest BCUT2D eigenvalue weighted by Crippen LogP contribution is 2.49. The predicted octanol–water partition coefficient (Wildman–Crippen LogP) is 4.79. The third-order valence-electron chi connectivity index (χ3n) is 5.26. The standard InChI is InChI=1S/C22H22N/c1-15-13-18-16-9-5-6-10-19(16)22(2,3)20(18)14-17(15)21-11-7-8-12-23(21)4/h5-14H,1-4H3/q+1. The molecule has 0 radical (unpaired) electrons. The van der Waals surface area contributed by atoms with Gasteiger partial charge in [-0.1, -0.05) is 44.2 Å². The van der Waals surface area contributed by atoms with Crippen molar-refractivity contribution in [2.24, 2.45) is 7.05 Å². The van der Waals surface area contributed by atoms with E-state index in [1.807, 2.05) is 0 Å². The van der Waals surface area contributed by atoms with Crippen LogP contribution in [0.3, 0.4) is 0 Å². The number of nitrogens with zero attached hydrogens (tertiary/aromatic N) is 1. The molecule has 1 heteroatoms. The van der Waals surface area contributed by atoms with Crippen molar-refractivity contribution in [3.05, 3.63) is 77.5 Å². The first-order valence-electron chi connectivity index (χ1n) is 8.20. The van der Waals surface area contributed by atoms with Gasteiger partial charge in [0.05, 0.1) is 0 Å². The Morgan fingerprint density at radius 3 is 2.30 bits per heavy atom. The van der Waals surface area contributed by atoms with Gasteiger partial charge in [-0.25, -0.2) is 4.57 Å². The third-order valence-corrected chi connectivity index (χ3v) is 5.26. The van der Waals surface area contributed by atoms with Crippen molar-refractivity contribution >= 4 is 0 Å². The van der Waals surface area contributed by atoms with E-state index in [9.17, 15) is 0 Å². The van der Waals surface area contributed by atoms with Gasteiger partial charge in [-0.15, -0.1) is 0 Å². The topological polar surface area (TPSA) is 3.88 Å². The molecule has 1 heterocycles. The zero-order chi connectivity index (χ0) is 16.2. The van der Waals surface area contributed by atoms with Crippen LogP contribution in [0, 0.1) is 6.92 Å². The van der Waals surface area contributed by atoms with E-state index in [1.165, 1.54) is 39.1 Å². The summed E-state index contributed by atoms with van der Waals surface area (Å²) >= 11 is 0. The number of pyridine rings is 1. The van der Waals surface area contributed by atoms with E-state index in [4.69, 9.17) is 0 Å².